The van der Waals surface area contributed by atoms with Crippen LogP contribution in [-0.2, 0) is 14.3 Å². The molecule has 4 heterocycles. The summed E-state index contributed by atoms with van der Waals surface area (Å²) in [5, 5.41) is 12.1. The summed E-state index contributed by atoms with van der Waals surface area (Å²) in [6.07, 6.45) is 1.79. The molecule has 5 rings (SSSR count). The van der Waals surface area contributed by atoms with Crippen molar-refractivity contribution in [1.29, 1.82) is 0 Å². The maximum absolute atomic E-state index is 13.4. The van der Waals surface area contributed by atoms with Crippen molar-refractivity contribution in [3.63, 3.8) is 0 Å². The Balaban J connectivity index is 1.63. The highest BCUT2D eigenvalue weighted by Gasteiger charge is 2.46. The molecule has 1 amide bonds. The van der Waals surface area contributed by atoms with E-state index in [1.165, 1.54) is 0 Å². The molecule has 0 aliphatic carbocycles. The molecule has 2 fully saturated rings. The lowest BCUT2D eigenvalue weighted by molar-refractivity contribution is -0.140. The van der Waals surface area contributed by atoms with E-state index >= 15 is 0 Å². The summed E-state index contributed by atoms with van der Waals surface area (Å²) >= 11 is 6.29. The summed E-state index contributed by atoms with van der Waals surface area (Å²) in [4.78, 5) is 35.0. The Bertz CT molecular complexity index is 1340. The van der Waals surface area contributed by atoms with Gasteiger partial charge in [0.15, 0.2) is 5.76 Å². The van der Waals surface area contributed by atoms with Gasteiger partial charge in [0.2, 0.25) is 0 Å². The van der Waals surface area contributed by atoms with Crippen molar-refractivity contribution < 1.29 is 19.4 Å². The number of aryl methyl sites for hydroxylation is 2. The smallest absolute Gasteiger partial charge is 0.295 e. The van der Waals surface area contributed by atoms with Gasteiger partial charge in [0.1, 0.15) is 11.3 Å². The number of aromatic nitrogens is 2. The third-order valence-corrected chi connectivity index (χ3v) is 6.94. The van der Waals surface area contributed by atoms with Gasteiger partial charge in [-0.05, 0) is 43.2 Å². The number of fused-ring (bicyclic) bond motifs is 1. The van der Waals surface area contributed by atoms with E-state index in [0.29, 0.717) is 53.9 Å². The van der Waals surface area contributed by atoms with Crippen molar-refractivity contribution in [2.75, 3.05) is 39.4 Å². The Hall–Kier alpha value is -3.20. The van der Waals surface area contributed by atoms with Crippen molar-refractivity contribution in [3.05, 3.63) is 75.7 Å². The molecule has 8 nitrogen and oxygen atoms in total. The first-order valence-electron chi connectivity index (χ1n) is 11.7. The fourth-order valence-corrected chi connectivity index (χ4v) is 5.14. The van der Waals surface area contributed by atoms with Crippen LogP contribution in [0.5, 0.6) is 0 Å². The topological polar surface area (TPSA) is 87.4 Å². The molecule has 1 atom stereocenters. The average molecular weight is 495 g/mol. The fraction of sp³-hybridized carbons (Fsp3) is 0.346. The first-order valence-corrected chi connectivity index (χ1v) is 12.0. The first-order chi connectivity index (χ1) is 16.9. The molecule has 9 heteroatoms. The predicted octanol–water partition coefficient (Wildman–Crippen LogP) is 3.36. The number of aliphatic hydroxyl groups is 1. The molecule has 0 radical (unpaired) electrons. The van der Waals surface area contributed by atoms with Crippen LogP contribution in [0.15, 0.2) is 48.2 Å². The maximum atomic E-state index is 13.4. The lowest BCUT2D eigenvalue weighted by Crippen LogP contribution is -2.42. The number of aliphatic hydroxyl groups excluding tert-OH is 1. The molecule has 1 N–H and O–H groups in total. The molecule has 0 bridgehead atoms. The van der Waals surface area contributed by atoms with E-state index in [9.17, 15) is 14.7 Å². The number of hydrogen-bond donors (Lipinski definition) is 1. The number of amides is 1. The van der Waals surface area contributed by atoms with E-state index in [2.05, 4.69) is 9.88 Å². The number of imidazole rings is 1. The SMILES string of the molecule is Cc1nc2c(C)cccn2c1C(O)=C1C(=O)C(=O)N(CCN2CCOCC2)[C@H]1c1cccc(Cl)c1. The van der Waals surface area contributed by atoms with Gasteiger partial charge in [-0.1, -0.05) is 29.8 Å². The lowest BCUT2D eigenvalue weighted by Gasteiger charge is -2.31. The number of ether oxygens (including phenoxy) is 1. The van der Waals surface area contributed by atoms with Gasteiger partial charge < -0.3 is 14.7 Å². The lowest BCUT2D eigenvalue weighted by atomic mass is 9.96. The summed E-state index contributed by atoms with van der Waals surface area (Å²) < 4.78 is 7.18. The van der Waals surface area contributed by atoms with Gasteiger partial charge in [0, 0.05) is 37.4 Å². The molecular weight excluding hydrogens is 468 g/mol. The highest BCUT2D eigenvalue weighted by Crippen LogP contribution is 2.40. The highest BCUT2D eigenvalue weighted by molar-refractivity contribution is 6.46. The minimum atomic E-state index is -0.760. The van der Waals surface area contributed by atoms with Crippen LogP contribution < -0.4 is 0 Å². The molecule has 2 aliphatic heterocycles. The Kier molecular flexibility index (Phi) is 6.35. The normalized spacial score (nSPS) is 20.8. The highest BCUT2D eigenvalue weighted by atomic mass is 35.5. The Morgan fingerprint density at radius 3 is 2.66 bits per heavy atom. The largest absolute Gasteiger partial charge is 0.505 e. The number of likely N-dealkylation sites (tertiary alicyclic amines) is 1. The summed E-state index contributed by atoms with van der Waals surface area (Å²) in [5.41, 5.74) is 3.32. The Labute approximate surface area is 208 Å². The molecular formula is C26H27ClN4O4. The molecule has 35 heavy (non-hydrogen) atoms. The van der Waals surface area contributed by atoms with Gasteiger partial charge in [0.05, 0.1) is 30.5 Å². The van der Waals surface area contributed by atoms with Crippen molar-refractivity contribution in [3.8, 4) is 0 Å². The Morgan fingerprint density at radius 2 is 1.91 bits per heavy atom. The third-order valence-electron chi connectivity index (χ3n) is 6.71. The number of benzene rings is 1. The van der Waals surface area contributed by atoms with Gasteiger partial charge in [0.25, 0.3) is 11.7 Å². The summed E-state index contributed by atoms with van der Waals surface area (Å²) in [7, 11) is 0. The summed E-state index contributed by atoms with van der Waals surface area (Å²) in [6, 6.07) is 10.1. The number of nitrogens with zero attached hydrogens (tertiary/aromatic N) is 4. The molecule has 0 unspecified atom stereocenters. The van der Waals surface area contributed by atoms with Crippen LogP contribution in [0.4, 0.5) is 0 Å². The van der Waals surface area contributed by atoms with E-state index < -0.39 is 17.7 Å². The molecule has 2 aromatic heterocycles. The van der Waals surface area contributed by atoms with Crippen molar-refractivity contribution in [2.45, 2.75) is 19.9 Å². The number of halogens is 1. The third kappa shape index (κ3) is 4.22. The number of ketones is 1. The monoisotopic (exact) mass is 494 g/mol. The van der Waals surface area contributed by atoms with Crippen LogP contribution in [0, 0.1) is 13.8 Å². The second kappa shape index (κ2) is 9.45. The first kappa shape index (κ1) is 23.5. The number of rotatable bonds is 5. The molecule has 3 aromatic rings. The minimum absolute atomic E-state index is 0.0469. The predicted molar refractivity (Wildman–Crippen MR) is 132 cm³/mol. The number of pyridine rings is 1. The number of Topliss-reactive ketones (excluding diaryl/α,β-unsaturated/α-hetero) is 1. The average Bonchev–Trinajstić information content (AvgIpc) is 3.32. The van der Waals surface area contributed by atoms with Gasteiger partial charge in [-0.15, -0.1) is 0 Å². The second-order valence-electron chi connectivity index (χ2n) is 8.93. The zero-order valence-electron chi connectivity index (χ0n) is 19.7. The second-order valence-corrected chi connectivity index (χ2v) is 9.37. The van der Waals surface area contributed by atoms with Gasteiger partial charge >= 0.3 is 0 Å². The number of carbonyl (C=O) groups excluding carboxylic acids is 2. The summed E-state index contributed by atoms with van der Waals surface area (Å²) in [6.45, 7) is 7.48. The number of carbonyl (C=O) groups is 2. The van der Waals surface area contributed by atoms with Crippen molar-refractivity contribution in [1.82, 2.24) is 19.2 Å². The zero-order chi connectivity index (χ0) is 24.7. The van der Waals surface area contributed by atoms with E-state index in [4.69, 9.17) is 16.3 Å². The standard InChI is InChI=1S/C26H27ClN4O4/c1-16-5-4-8-30-21(17(2)28-25(16)30)23(32)20-22(18-6-3-7-19(27)15-18)31(26(34)24(20)33)10-9-29-11-13-35-14-12-29/h3-8,15,22,32H,9-14H2,1-2H3/t22-/m0/s1. The summed E-state index contributed by atoms with van der Waals surface area (Å²) in [5.74, 6) is -1.58. The molecule has 2 saturated heterocycles. The Morgan fingerprint density at radius 1 is 1.14 bits per heavy atom. The molecule has 0 spiro atoms. The molecule has 1 aromatic carbocycles. The van der Waals surface area contributed by atoms with E-state index in [1.807, 2.05) is 25.1 Å². The van der Waals surface area contributed by atoms with Crippen LogP contribution in [0.3, 0.4) is 0 Å². The van der Waals surface area contributed by atoms with Gasteiger partial charge in [-0.3, -0.25) is 18.9 Å². The van der Waals surface area contributed by atoms with Crippen molar-refractivity contribution >= 4 is 34.7 Å². The molecule has 182 valence electrons. The maximum Gasteiger partial charge on any atom is 0.295 e. The fourth-order valence-electron chi connectivity index (χ4n) is 4.94. The van der Waals surface area contributed by atoms with Gasteiger partial charge in [-0.25, -0.2) is 4.98 Å². The van der Waals surface area contributed by atoms with E-state index in [1.54, 1.807) is 40.6 Å². The molecule has 2 aliphatic rings. The van der Waals surface area contributed by atoms with Gasteiger partial charge in [-0.2, -0.15) is 0 Å². The number of hydrogen-bond acceptors (Lipinski definition) is 6. The van der Waals surface area contributed by atoms with E-state index in [0.717, 1.165) is 18.7 Å². The van der Waals surface area contributed by atoms with Crippen LogP contribution in [0.25, 0.3) is 11.4 Å². The van der Waals surface area contributed by atoms with E-state index in [-0.39, 0.29) is 11.3 Å². The van der Waals surface area contributed by atoms with Crippen molar-refractivity contribution in [2.24, 2.45) is 0 Å². The molecule has 0 saturated carbocycles. The van der Waals surface area contributed by atoms with Crippen LogP contribution >= 0.6 is 11.6 Å². The minimum Gasteiger partial charge on any atom is -0.505 e. The van der Waals surface area contributed by atoms with Crippen LogP contribution in [-0.4, -0.2) is 75.4 Å². The zero-order valence-corrected chi connectivity index (χ0v) is 20.5. The number of morpholine rings is 1. The van der Waals surface area contributed by atoms with Crippen LogP contribution in [0.1, 0.15) is 28.6 Å². The quantitative estimate of drug-likeness (QED) is 0.332. The van der Waals surface area contributed by atoms with Crippen LogP contribution in [0.2, 0.25) is 5.02 Å².